The van der Waals surface area contributed by atoms with Crippen molar-refractivity contribution in [3.8, 4) is 16.9 Å². The summed E-state index contributed by atoms with van der Waals surface area (Å²) in [6.07, 6.45) is -0.0836. The second kappa shape index (κ2) is 6.90. The molecule has 0 saturated carbocycles. The summed E-state index contributed by atoms with van der Waals surface area (Å²) in [7, 11) is 1.59. The number of methoxy groups -OCH3 is 1. The first-order chi connectivity index (χ1) is 10.1. The lowest BCUT2D eigenvalue weighted by molar-refractivity contribution is 0.000221. The minimum Gasteiger partial charge on any atom is -0.496 e. The van der Waals surface area contributed by atoms with Crippen molar-refractivity contribution in [3.05, 3.63) is 54.1 Å². The van der Waals surface area contributed by atoms with Gasteiger partial charge in [0, 0.05) is 5.56 Å². The average Bonchev–Trinajstić information content (AvgIpc) is 2.52. The van der Waals surface area contributed by atoms with E-state index in [1.165, 1.54) is 0 Å². The van der Waals surface area contributed by atoms with Gasteiger partial charge >= 0.3 is 0 Å². The number of hydrogen-bond donors (Lipinski definition) is 1. The molecule has 0 aliphatic rings. The number of carbonyl (C=O) groups is 1. The first-order valence-electron chi connectivity index (χ1n) is 6.82. The lowest BCUT2D eigenvalue weighted by atomic mass is 9.98. The van der Waals surface area contributed by atoms with Crippen LogP contribution in [0.25, 0.3) is 11.1 Å². The van der Waals surface area contributed by atoms with E-state index in [1.807, 2.05) is 50.2 Å². The van der Waals surface area contributed by atoms with Gasteiger partial charge in [-0.3, -0.25) is 9.63 Å². The summed E-state index contributed by atoms with van der Waals surface area (Å²) >= 11 is 0. The Hall–Kier alpha value is -2.33. The van der Waals surface area contributed by atoms with Crippen molar-refractivity contribution in [2.75, 3.05) is 7.11 Å². The molecule has 0 unspecified atom stereocenters. The Morgan fingerprint density at radius 1 is 1.05 bits per heavy atom. The first-order valence-corrected chi connectivity index (χ1v) is 6.82. The van der Waals surface area contributed by atoms with Crippen LogP contribution in [0.4, 0.5) is 0 Å². The summed E-state index contributed by atoms with van der Waals surface area (Å²) < 4.78 is 5.40. The van der Waals surface area contributed by atoms with Crippen molar-refractivity contribution in [2.24, 2.45) is 0 Å². The van der Waals surface area contributed by atoms with E-state index in [1.54, 1.807) is 19.2 Å². The van der Waals surface area contributed by atoms with E-state index in [2.05, 4.69) is 5.48 Å². The molecule has 0 aliphatic carbocycles. The van der Waals surface area contributed by atoms with Crippen molar-refractivity contribution in [2.45, 2.75) is 20.0 Å². The normalized spacial score (nSPS) is 10.5. The Balaban J connectivity index is 2.44. The predicted molar refractivity (Wildman–Crippen MR) is 82.1 cm³/mol. The highest BCUT2D eigenvalue weighted by Gasteiger charge is 2.17. The van der Waals surface area contributed by atoms with Crippen LogP contribution in [0.15, 0.2) is 48.5 Å². The monoisotopic (exact) mass is 285 g/mol. The second-order valence-electron chi connectivity index (χ2n) is 4.85. The number of nitrogens with one attached hydrogen (secondary N) is 1. The molecule has 0 bridgehead atoms. The van der Waals surface area contributed by atoms with Crippen molar-refractivity contribution in [3.63, 3.8) is 0 Å². The van der Waals surface area contributed by atoms with E-state index in [-0.39, 0.29) is 12.0 Å². The van der Waals surface area contributed by atoms with Gasteiger partial charge in [0.05, 0.1) is 18.8 Å². The highest BCUT2D eigenvalue weighted by Crippen LogP contribution is 2.33. The van der Waals surface area contributed by atoms with E-state index in [0.29, 0.717) is 11.3 Å². The van der Waals surface area contributed by atoms with E-state index >= 15 is 0 Å². The Kier molecular flexibility index (Phi) is 4.95. The van der Waals surface area contributed by atoms with Gasteiger partial charge in [-0.15, -0.1) is 0 Å². The van der Waals surface area contributed by atoms with Crippen LogP contribution >= 0.6 is 0 Å². The molecule has 2 aromatic carbocycles. The van der Waals surface area contributed by atoms with Crippen molar-refractivity contribution < 1.29 is 14.4 Å². The molecule has 0 aliphatic heterocycles. The Bertz CT molecular complexity index is 609. The van der Waals surface area contributed by atoms with Gasteiger partial charge in [0.15, 0.2) is 0 Å². The van der Waals surface area contributed by atoms with Gasteiger partial charge in [0.2, 0.25) is 0 Å². The topological polar surface area (TPSA) is 47.6 Å². The summed E-state index contributed by atoms with van der Waals surface area (Å²) in [5.41, 5.74) is 4.66. The largest absolute Gasteiger partial charge is 0.496 e. The molecule has 110 valence electrons. The van der Waals surface area contributed by atoms with Crippen LogP contribution in [0, 0.1) is 0 Å². The number of amides is 1. The quantitative estimate of drug-likeness (QED) is 0.856. The fourth-order valence-electron chi connectivity index (χ4n) is 2.02. The van der Waals surface area contributed by atoms with E-state index in [0.717, 1.165) is 11.1 Å². The lowest BCUT2D eigenvalue weighted by Crippen LogP contribution is -2.27. The average molecular weight is 285 g/mol. The molecule has 1 N–H and O–H groups in total. The predicted octanol–water partition coefficient (Wildman–Crippen LogP) is 3.43. The van der Waals surface area contributed by atoms with Crippen molar-refractivity contribution in [1.82, 2.24) is 5.48 Å². The number of rotatable bonds is 5. The number of hydrogen-bond acceptors (Lipinski definition) is 3. The standard InChI is InChI=1S/C17H19NO3/c1-12(2)21-18-17(19)14-10-7-11-15(20-3)16(14)13-8-5-4-6-9-13/h4-12H,1-3H3,(H,18,19). The number of hydroxylamine groups is 1. The molecule has 1 amide bonds. The van der Waals surface area contributed by atoms with Gasteiger partial charge < -0.3 is 4.74 Å². The lowest BCUT2D eigenvalue weighted by Gasteiger charge is -2.15. The minimum atomic E-state index is -0.290. The minimum absolute atomic E-state index is 0.0836. The van der Waals surface area contributed by atoms with E-state index in [4.69, 9.17) is 9.57 Å². The summed E-state index contributed by atoms with van der Waals surface area (Å²) in [6.45, 7) is 3.70. The van der Waals surface area contributed by atoms with Gasteiger partial charge in [-0.2, -0.15) is 0 Å². The van der Waals surface area contributed by atoms with Crippen LogP contribution < -0.4 is 10.2 Å². The molecule has 2 rings (SSSR count). The van der Waals surface area contributed by atoms with E-state index in [9.17, 15) is 4.79 Å². The zero-order valence-corrected chi connectivity index (χ0v) is 12.4. The van der Waals surface area contributed by atoms with Gasteiger partial charge in [-0.25, -0.2) is 5.48 Å². The SMILES string of the molecule is COc1cccc(C(=O)NOC(C)C)c1-c1ccccc1. The Morgan fingerprint density at radius 2 is 1.76 bits per heavy atom. The fraction of sp³-hybridized carbons (Fsp3) is 0.235. The number of benzene rings is 2. The summed E-state index contributed by atoms with van der Waals surface area (Å²) in [5, 5.41) is 0. The van der Waals surface area contributed by atoms with Crippen LogP contribution in [0.1, 0.15) is 24.2 Å². The maximum Gasteiger partial charge on any atom is 0.275 e. The molecule has 0 radical (unpaired) electrons. The number of ether oxygens (including phenoxy) is 1. The van der Waals surface area contributed by atoms with E-state index < -0.39 is 0 Å². The molecule has 4 nitrogen and oxygen atoms in total. The molecule has 0 aromatic heterocycles. The zero-order chi connectivity index (χ0) is 15.2. The number of carbonyl (C=O) groups excluding carboxylic acids is 1. The third-order valence-corrected chi connectivity index (χ3v) is 2.94. The molecule has 0 fully saturated rings. The molecular formula is C17H19NO3. The second-order valence-corrected chi connectivity index (χ2v) is 4.85. The highest BCUT2D eigenvalue weighted by molar-refractivity contribution is 6.01. The summed E-state index contributed by atoms with van der Waals surface area (Å²) in [5.74, 6) is 0.361. The van der Waals surface area contributed by atoms with Gasteiger partial charge in [-0.1, -0.05) is 36.4 Å². The van der Waals surface area contributed by atoms with Gasteiger partial charge in [0.25, 0.3) is 5.91 Å². The first kappa shape index (κ1) is 15.1. The molecule has 21 heavy (non-hydrogen) atoms. The maximum atomic E-state index is 12.3. The molecule has 4 heteroatoms. The van der Waals surface area contributed by atoms with Crippen molar-refractivity contribution >= 4 is 5.91 Å². The summed E-state index contributed by atoms with van der Waals surface area (Å²) in [4.78, 5) is 17.5. The Morgan fingerprint density at radius 3 is 2.38 bits per heavy atom. The van der Waals surface area contributed by atoms with Crippen LogP contribution in [0.5, 0.6) is 5.75 Å². The van der Waals surface area contributed by atoms with Crippen LogP contribution in [0.2, 0.25) is 0 Å². The molecule has 0 heterocycles. The third-order valence-electron chi connectivity index (χ3n) is 2.94. The molecule has 0 spiro atoms. The van der Waals surface area contributed by atoms with Crippen LogP contribution in [-0.2, 0) is 4.84 Å². The van der Waals surface area contributed by atoms with Gasteiger partial charge in [0.1, 0.15) is 5.75 Å². The molecule has 0 atom stereocenters. The molecule has 2 aromatic rings. The molecule has 0 saturated heterocycles. The van der Waals surface area contributed by atoms with Crippen LogP contribution in [-0.4, -0.2) is 19.1 Å². The highest BCUT2D eigenvalue weighted by atomic mass is 16.7. The third kappa shape index (κ3) is 3.61. The summed E-state index contributed by atoms with van der Waals surface area (Å²) in [6, 6.07) is 15.0. The smallest absolute Gasteiger partial charge is 0.275 e. The Labute approximate surface area is 124 Å². The van der Waals surface area contributed by atoms with Crippen LogP contribution in [0.3, 0.4) is 0 Å². The van der Waals surface area contributed by atoms with Crippen molar-refractivity contribution in [1.29, 1.82) is 0 Å². The maximum absolute atomic E-state index is 12.3. The van der Waals surface area contributed by atoms with Gasteiger partial charge in [-0.05, 0) is 31.5 Å². The molecular weight excluding hydrogens is 266 g/mol. The fourth-order valence-corrected chi connectivity index (χ4v) is 2.02. The zero-order valence-electron chi connectivity index (χ0n) is 12.4.